The highest BCUT2D eigenvalue weighted by molar-refractivity contribution is 5.96. The Kier molecular flexibility index (Phi) is 5.91. The van der Waals surface area contributed by atoms with Crippen molar-refractivity contribution in [2.24, 2.45) is 0 Å². The van der Waals surface area contributed by atoms with Crippen LogP contribution in [0.25, 0.3) is 0 Å². The van der Waals surface area contributed by atoms with Crippen molar-refractivity contribution in [3.8, 4) is 0 Å². The highest BCUT2D eigenvalue weighted by Gasteiger charge is 2.37. The number of nitrogens with zero attached hydrogens (tertiary/aromatic N) is 3. The summed E-state index contributed by atoms with van der Waals surface area (Å²) < 4.78 is 0. The fourth-order valence-electron chi connectivity index (χ4n) is 4.74. The van der Waals surface area contributed by atoms with Crippen molar-refractivity contribution in [3.05, 3.63) is 33.9 Å². The van der Waals surface area contributed by atoms with Crippen LogP contribution in [0.15, 0.2) is 18.2 Å². The number of hydrogen-bond donors (Lipinski definition) is 1. The number of nitro groups is 1. The van der Waals surface area contributed by atoms with Gasteiger partial charge in [-0.05, 0) is 50.7 Å². The zero-order valence-corrected chi connectivity index (χ0v) is 16.4. The largest absolute Gasteiger partial charge is 0.366 e. The molecule has 0 aliphatic carbocycles. The van der Waals surface area contributed by atoms with Gasteiger partial charge in [0.15, 0.2) is 0 Å². The third-order valence-corrected chi connectivity index (χ3v) is 6.18. The first-order valence-corrected chi connectivity index (χ1v) is 9.59. The summed E-state index contributed by atoms with van der Waals surface area (Å²) in [6.07, 6.45) is 6.40. The van der Waals surface area contributed by atoms with Crippen molar-refractivity contribution in [1.29, 1.82) is 0 Å². The minimum absolute atomic E-state index is 0. The van der Waals surface area contributed by atoms with Crippen molar-refractivity contribution in [3.63, 3.8) is 0 Å². The second-order valence-electron chi connectivity index (χ2n) is 7.83. The van der Waals surface area contributed by atoms with Crippen LogP contribution in [0.4, 0.5) is 11.4 Å². The molecule has 7 nitrogen and oxygen atoms in total. The number of fused-ring (bicyclic) bond motifs is 2. The normalized spacial score (nSPS) is 26.6. The SMILES string of the molecule is CN(C(=O)c1ccc(N2CCCC2)c([N+](=O)[O-])c1)C1CC2CCC(C1)N2.Cl. The summed E-state index contributed by atoms with van der Waals surface area (Å²) in [5, 5.41) is 15.1. The van der Waals surface area contributed by atoms with Crippen LogP contribution in [-0.2, 0) is 0 Å². The zero-order valence-electron chi connectivity index (χ0n) is 15.6. The second-order valence-corrected chi connectivity index (χ2v) is 7.83. The number of halogens is 1. The average Bonchev–Trinajstić information content (AvgIpc) is 3.29. The molecule has 148 valence electrons. The molecular formula is C19H27ClN4O3. The summed E-state index contributed by atoms with van der Waals surface area (Å²) in [5.41, 5.74) is 1.08. The molecule has 0 radical (unpaired) electrons. The summed E-state index contributed by atoms with van der Waals surface area (Å²) in [7, 11) is 1.83. The average molecular weight is 395 g/mol. The number of benzene rings is 1. The molecule has 3 saturated heterocycles. The number of nitro benzene ring substituents is 1. The maximum atomic E-state index is 13.0. The summed E-state index contributed by atoms with van der Waals surface area (Å²) in [4.78, 5) is 28.0. The Morgan fingerprint density at radius 1 is 1.22 bits per heavy atom. The third kappa shape index (κ3) is 3.89. The maximum Gasteiger partial charge on any atom is 0.293 e. The number of amides is 1. The molecule has 1 amide bonds. The van der Waals surface area contributed by atoms with E-state index in [1.165, 1.54) is 18.9 Å². The van der Waals surface area contributed by atoms with E-state index >= 15 is 0 Å². The fourth-order valence-corrected chi connectivity index (χ4v) is 4.74. The maximum absolute atomic E-state index is 13.0. The monoisotopic (exact) mass is 394 g/mol. The zero-order chi connectivity index (χ0) is 18.3. The van der Waals surface area contributed by atoms with Gasteiger partial charge in [0.05, 0.1) is 4.92 Å². The van der Waals surface area contributed by atoms with Crippen LogP contribution in [-0.4, -0.2) is 54.0 Å². The lowest BCUT2D eigenvalue weighted by atomic mass is 9.98. The van der Waals surface area contributed by atoms with E-state index in [4.69, 9.17) is 0 Å². The molecule has 3 heterocycles. The Morgan fingerprint density at radius 2 is 1.85 bits per heavy atom. The van der Waals surface area contributed by atoms with Crippen molar-refractivity contribution in [2.75, 3.05) is 25.0 Å². The van der Waals surface area contributed by atoms with Crippen LogP contribution in [0, 0.1) is 10.1 Å². The minimum atomic E-state index is -0.366. The van der Waals surface area contributed by atoms with Crippen molar-refractivity contribution < 1.29 is 9.72 Å². The van der Waals surface area contributed by atoms with Gasteiger partial charge in [0.25, 0.3) is 11.6 Å². The van der Waals surface area contributed by atoms with Gasteiger partial charge >= 0.3 is 0 Å². The quantitative estimate of drug-likeness (QED) is 0.627. The van der Waals surface area contributed by atoms with E-state index in [2.05, 4.69) is 5.32 Å². The molecule has 0 aromatic heterocycles. The van der Waals surface area contributed by atoms with Gasteiger partial charge in [-0.2, -0.15) is 0 Å². The molecule has 2 unspecified atom stereocenters. The number of piperidine rings is 1. The minimum Gasteiger partial charge on any atom is -0.366 e. The van der Waals surface area contributed by atoms with Gasteiger partial charge in [0, 0.05) is 49.9 Å². The Bertz CT molecular complexity index is 711. The Hall–Kier alpha value is -1.86. The topological polar surface area (TPSA) is 78.7 Å². The van der Waals surface area contributed by atoms with Crippen LogP contribution in [0.2, 0.25) is 0 Å². The predicted molar refractivity (Wildman–Crippen MR) is 107 cm³/mol. The van der Waals surface area contributed by atoms with Gasteiger partial charge in [-0.3, -0.25) is 14.9 Å². The van der Waals surface area contributed by atoms with E-state index in [-0.39, 0.29) is 35.0 Å². The van der Waals surface area contributed by atoms with E-state index in [1.807, 2.05) is 11.9 Å². The van der Waals surface area contributed by atoms with E-state index in [0.717, 1.165) is 38.8 Å². The lowest BCUT2D eigenvalue weighted by Crippen LogP contribution is -2.48. The summed E-state index contributed by atoms with van der Waals surface area (Å²) in [5.74, 6) is -0.118. The smallest absolute Gasteiger partial charge is 0.293 e. The highest BCUT2D eigenvalue weighted by atomic mass is 35.5. The molecule has 0 spiro atoms. The highest BCUT2D eigenvalue weighted by Crippen LogP contribution is 2.33. The number of carbonyl (C=O) groups excluding carboxylic acids is 1. The molecular weight excluding hydrogens is 368 g/mol. The van der Waals surface area contributed by atoms with Crippen LogP contribution >= 0.6 is 12.4 Å². The van der Waals surface area contributed by atoms with E-state index in [0.29, 0.717) is 23.3 Å². The third-order valence-electron chi connectivity index (χ3n) is 6.18. The predicted octanol–water partition coefficient (Wildman–Crippen LogP) is 2.97. The summed E-state index contributed by atoms with van der Waals surface area (Å²) in [6.45, 7) is 1.68. The van der Waals surface area contributed by atoms with Gasteiger partial charge in [0.2, 0.25) is 0 Å². The van der Waals surface area contributed by atoms with Crippen LogP contribution in [0.3, 0.4) is 0 Å². The standard InChI is InChI=1S/C19H26N4O3.ClH/c1-21(16-11-14-5-6-15(12-16)20-14)19(24)13-4-7-17(18(10-13)23(25)26)22-8-2-3-9-22;/h4,7,10,14-16,20H,2-3,5-6,8-9,11-12H2,1H3;1H. The molecule has 3 aliphatic heterocycles. The van der Waals surface area contributed by atoms with Crippen LogP contribution in [0.5, 0.6) is 0 Å². The summed E-state index contributed by atoms with van der Waals surface area (Å²) in [6, 6.07) is 6.16. The fraction of sp³-hybridized carbons (Fsp3) is 0.632. The molecule has 1 aromatic carbocycles. The molecule has 3 fully saturated rings. The van der Waals surface area contributed by atoms with Crippen molar-refractivity contribution >= 4 is 29.7 Å². The lowest BCUT2D eigenvalue weighted by Gasteiger charge is -2.35. The van der Waals surface area contributed by atoms with Crippen molar-refractivity contribution in [2.45, 2.75) is 56.7 Å². The van der Waals surface area contributed by atoms with Crippen LogP contribution in [0.1, 0.15) is 48.9 Å². The Labute approximate surface area is 165 Å². The number of carbonyl (C=O) groups is 1. The molecule has 0 saturated carbocycles. The molecule has 2 bridgehead atoms. The van der Waals surface area contributed by atoms with Gasteiger partial charge in [-0.15, -0.1) is 12.4 Å². The van der Waals surface area contributed by atoms with E-state index in [1.54, 1.807) is 17.0 Å². The van der Waals surface area contributed by atoms with Gasteiger partial charge < -0.3 is 15.1 Å². The molecule has 8 heteroatoms. The van der Waals surface area contributed by atoms with Crippen molar-refractivity contribution in [1.82, 2.24) is 10.2 Å². The second kappa shape index (κ2) is 8.02. The first kappa shape index (κ1) is 19.9. The number of anilines is 1. The molecule has 2 atom stereocenters. The molecule has 1 aromatic rings. The van der Waals surface area contributed by atoms with E-state index < -0.39 is 0 Å². The molecule has 3 aliphatic rings. The van der Waals surface area contributed by atoms with Crippen LogP contribution < -0.4 is 10.2 Å². The first-order valence-electron chi connectivity index (χ1n) is 9.59. The molecule has 27 heavy (non-hydrogen) atoms. The number of rotatable bonds is 4. The lowest BCUT2D eigenvalue weighted by molar-refractivity contribution is -0.384. The molecule has 4 rings (SSSR count). The van der Waals surface area contributed by atoms with Gasteiger partial charge in [-0.25, -0.2) is 0 Å². The first-order chi connectivity index (χ1) is 12.5. The Balaban J connectivity index is 0.00000210. The summed E-state index contributed by atoms with van der Waals surface area (Å²) >= 11 is 0. The molecule has 1 N–H and O–H groups in total. The number of hydrogen-bond acceptors (Lipinski definition) is 5. The Morgan fingerprint density at radius 3 is 2.44 bits per heavy atom. The van der Waals surface area contributed by atoms with Gasteiger partial charge in [0.1, 0.15) is 5.69 Å². The van der Waals surface area contributed by atoms with E-state index in [9.17, 15) is 14.9 Å². The number of nitrogens with one attached hydrogen (secondary N) is 1. The van der Waals surface area contributed by atoms with Gasteiger partial charge in [-0.1, -0.05) is 0 Å².